The Morgan fingerprint density at radius 2 is 1.91 bits per heavy atom. The van der Waals surface area contributed by atoms with E-state index in [1.165, 1.54) is 0 Å². The first-order valence-electron chi connectivity index (χ1n) is 3.30. The third-order valence-corrected chi connectivity index (χ3v) is 1.59. The number of aliphatic hydroxyl groups is 4. The summed E-state index contributed by atoms with van der Waals surface area (Å²) in [6.07, 6.45) is -3.38. The minimum atomic E-state index is -1.22. The van der Waals surface area contributed by atoms with Gasteiger partial charge in [-0.25, -0.2) is 6.42 Å². The van der Waals surface area contributed by atoms with E-state index >= 15 is 0 Å². The standard InChI is InChI=1S/C6H11O5/c7-2-4-6(10)3(8)1-5(9)11-4/h1,3-10H,2H2/q-1/t3-,4-,5+,6+/m1/s1. The predicted octanol–water partition coefficient (Wildman–Crippen LogP) is -2.38. The highest BCUT2D eigenvalue weighted by molar-refractivity contribution is 4.93. The molecule has 5 heteroatoms. The van der Waals surface area contributed by atoms with Crippen molar-refractivity contribution in [2.24, 2.45) is 0 Å². The lowest BCUT2D eigenvalue weighted by Gasteiger charge is -2.41. The average Bonchev–Trinajstić information content (AvgIpc) is 1.96. The van der Waals surface area contributed by atoms with Crippen LogP contribution in [0.2, 0.25) is 0 Å². The van der Waals surface area contributed by atoms with Crippen molar-refractivity contribution in [3.05, 3.63) is 6.42 Å². The molecular formula is C6H11O5-. The number of ether oxygens (including phenoxy) is 1. The van der Waals surface area contributed by atoms with E-state index in [4.69, 9.17) is 20.4 Å². The van der Waals surface area contributed by atoms with Gasteiger partial charge in [-0.2, -0.15) is 0 Å². The lowest BCUT2D eigenvalue weighted by molar-refractivity contribution is -0.210. The molecular weight excluding hydrogens is 152 g/mol. The first-order chi connectivity index (χ1) is 5.15. The third-order valence-electron chi connectivity index (χ3n) is 1.59. The van der Waals surface area contributed by atoms with Gasteiger partial charge in [0.05, 0.1) is 12.7 Å². The topological polar surface area (TPSA) is 90.2 Å². The summed E-state index contributed by atoms with van der Waals surface area (Å²) in [5, 5.41) is 35.5. The van der Waals surface area contributed by atoms with Crippen molar-refractivity contribution in [2.45, 2.75) is 24.6 Å². The Bertz CT molecular complexity index is 128. The van der Waals surface area contributed by atoms with E-state index in [1.54, 1.807) is 0 Å². The van der Waals surface area contributed by atoms with E-state index < -0.39 is 31.2 Å². The van der Waals surface area contributed by atoms with Gasteiger partial charge in [0.2, 0.25) is 0 Å². The van der Waals surface area contributed by atoms with E-state index in [2.05, 4.69) is 4.74 Å². The van der Waals surface area contributed by atoms with Gasteiger partial charge in [0.1, 0.15) is 6.10 Å². The summed E-state index contributed by atoms with van der Waals surface area (Å²) in [4.78, 5) is 0. The highest BCUT2D eigenvalue weighted by Gasteiger charge is 2.28. The molecule has 0 unspecified atom stereocenters. The maximum atomic E-state index is 9.08. The van der Waals surface area contributed by atoms with E-state index in [9.17, 15) is 0 Å². The molecule has 0 amide bonds. The highest BCUT2D eigenvalue weighted by atomic mass is 16.6. The van der Waals surface area contributed by atoms with Crippen LogP contribution in [0.15, 0.2) is 0 Å². The minimum absolute atomic E-state index is 0.427. The molecule has 1 heterocycles. The zero-order chi connectivity index (χ0) is 8.43. The van der Waals surface area contributed by atoms with Crippen LogP contribution in [0.5, 0.6) is 0 Å². The van der Waals surface area contributed by atoms with Crippen LogP contribution in [0.1, 0.15) is 0 Å². The molecule has 0 bridgehead atoms. The van der Waals surface area contributed by atoms with Gasteiger partial charge in [0.15, 0.2) is 0 Å². The summed E-state index contributed by atoms with van der Waals surface area (Å²) < 4.78 is 4.66. The third kappa shape index (κ3) is 1.88. The first-order valence-corrected chi connectivity index (χ1v) is 3.30. The Morgan fingerprint density at radius 3 is 2.45 bits per heavy atom. The van der Waals surface area contributed by atoms with Gasteiger partial charge in [-0.05, 0) is 6.10 Å². The van der Waals surface area contributed by atoms with Crippen LogP contribution >= 0.6 is 0 Å². The van der Waals surface area contributed by atoms with Crippen molar-refractivity contribution >= 4 is 0 Å². The van der Waals surface area contributed by atoms with E-state index in [0.717, 1.165) is 6.42 Å². The fraction of sp³-hybridized carbons (Fsp3) is 0.833. The van der Waals surface area contributed by atoms with Crippen molar-refractivity contribution in [3.63, 3.8) is 0 Å². The molecule has 1 aliphatic heterocycles. The summed E-state index contributed by atoms with van der Waals surface area (Å²) >= 11 is 0. The molecule has 1 aliphatic rings. The zero-order valence-corrected chi connectivity index (χ0v) is 5.79. The Morgan fingerprint density at radius 1 is 1.27 bits per heavy atom. The second-order valence-electron chi connectivity index (χ2n) is 2.42. The molecule has 1 saturated heterocycles. The molecule has 4 atom stereocenters. The summed E-state index contributed by atoms with van der Waals surface area (Å²) in [6.45, 7) is -0.427. The van der Waals surface area contributed by atoms with Crippen molar-refractivity contribution in [1.29, 1.82) is 0 Å². The van der Waals surface area contributed by atoms with Crippen molar-refractivity contribution in [3.8, 4) is 0 Å². The van der Waals surface area contributed by atoms with Crippen LogP contribution < -0.4 is 0 Å². The fourth-order valence-electron chi connectivity index (χ4n) is 0.958. The zero-order valence-electron chi connectivity index (χ0n) is 5.79. The van der Waals surface area contributed by atoms with Crippen LogP contribution in [0.4, 0.5) is 0 Å². The second-order valence-corrected chi connectivity index (χ2v) is 2.42. The van der Waals surface area contributed by atoms with Gasteiger partial charge in [0, 0.05) is 6.29 Å². The number of aliphatic hydroxyl groups excluding tert-OH is 4. The summed E-state index contributed by atoms with van der Waals surface area (Å²) in [5.74, 6) is 0. The molecule has 0 saturated carbocycles. The fourth-order valence-corrected chi connectivity index (χ4v) is 0.958. The van der Waals surface area contributed by atoms with Crippen LogP contribution in [0, 0.1) is 6.42 Å². The molecule has 1 rings (SSSR count). The van der Waals surface area contributed by atoms with E-state index in [0.29, 0.717) is 0 Å². The summed E-state index contributed by atoms with van der Waals surface area (Å²) in [7, 11) is 0. The maximum Gasteiger partial charge on any atom is 0.106 e. The van der Waals surface area contributed by atoms with Gasteiger partial charge in [-0.1, -0.05) is 0 Å². The van der Waals surface area contributed by atoms with Crippen LogP contribution in [0.3, 0.4) is 0 Å². The Kier molecular flexibility index (Phi) is 2.80. The lowest BCUT2D eigenvalue weighted by Crippen LogP contribution is -2.50. The van der Waals surface area contributed by atoms with E-state index in [-0.39, 0.29) is 0 Å². The number of hydrogen-bond donors (Lipinski definition) is 4. The molecule has 0 aromatic carbocycles. The Hall–Kier alpha value is -0.200. The predicted molar refractivity (Wildman–Crippen MR) is 34.3 cm³/mol. The van der Waals surface area contributed by atoms with Gasteiger partial charge in [-0.3, -0.25) is 0 Å². The summed E-state index contributed by atoms with van der Waals surface area (Å²) in [5.41, 5.74) is 0. The molecule has 11 heavy (non-hydrogen) atoms. The molecule has 0 radical (unpaired) electrons. The number of rotatable bonds is 1. The molecule has 4 N–H and O–H groups in total. The van der Waals surface area contributed by atoms with Gasteiger partial charge >= 0.3 is 0 Å². The van der Waals surface area contributed by atoms with Gasteiger partial charge in [0.25, 0.3) is 0 Å². The van der Waals surface area contributed by atoms with Crippen molar-refractivity contribution in [1.82, 2.24) is 0 Å². The highest BCUT2D eigenvalue weighted by Crippen LogP contribution is 2.17. The second kappa shape index (κ2) is 3.46. The molecule has 66 valence electrons. The minimum Gasteiger partial charge on any atom is -0.422 e. The Labute approximate surface area is 63.8 Å². The van der Waals surface area contributed by atoms with Crippen LogP contribution in [-0.4, -0.2) is 51.6 Å². The molecule has 0 spiro atoms. The lowest BCUT2D eigenvalue weighted by atomic mass is 10.0. The largest absolute Gasteiger partial charge is 0.422 e. The van der Waals surface area contributed by atoms with Crippen LogP contribution in [-0.2, 0) is 4.74 Å². The first kappa shape index (κ1) is 8.89. The number of hydrogen-bond acceptors (Lipinski definition) is 5. The van der Waals surface area contributed by atoms with Gasteiger partial charge < -0.3 is 25.2 Å². The van der Waals surface area contributed by atoms with Gasteiger partial charge in [-0.15, -0.1) is 0 Å². The quantitative estimate of drug-likeness (QED) is 0.324. The van der Waals surface area contributed by atoms with Crippen molar-refractivity contribution in [2.75, 3.05) is 6.61 Å². The molecule has 0 aliphatic carbocycles. The average molecular weight is 163 g/mol. The maximum absolute atomic E-state index is 9.08. The smallest absolute Gasteiger partial charge is 0.106 e. The monoisotopic (exact) mass is 163 g/mol. The molecule has 0 aromatic rings. The van der Waals surface area contributed by atoms with Crippen molar-refractivity contribution < 1.29 is 25.2 Å². The molecule has 5 nitrogen and oxygen atoms in total. The normalized spacial score (nSPS) is 45.8. The molecule has 0 aromatic heterocycles. The van der Waals surface area contributed by atoms with E-state index in [1.807, 2.05) is 0 Å². The SMILES string of the molecule is OC[C@H]1O[C@H](O)[CH-][C@@H](O)[C@@H]1O. The molecule has 1 fully saturated rings. The summed E-state index contributed by atoms with van der Waals surface area (Å²) in [6, 6.07) is 0. The Balaban J connectivity index is 2.51. The van der Waals surface area contributed by atoms with Crippen LogP contribution in [0.25, 0.3) is 0 Å².